The van der Waals surface area contributed by atoms with Gasteiger partial charge in [-0.05, 0) is 12.5 Å². The van der Waals surface area contributed by atoms with Gasteiger partial charge in [-0.1, -0.05) is 29.8 Å². The fourth-order valence-electron chi connectivity index (χ4n) is 1.13. The van der Waals surface area contributed by atoms with E-state index in [2.05, 4.69) is 42.6 Å². The van der Waals surface area contributed by atoms with Crippen LogP contribution in [0.15, 0.2) is 35.2 Å². The molecule has 0 atom stereocenters. The highest BCUT2D eigenvalue weighted by Crippen LogP contribution is 2.12. The van der Waals surface area contributed by atoms with Crippen LogP contribution >= 0.6 is 11.3 Å². The zero-order valence-electron chi connectivity index (χ0n) is 7.40. The van der Waals surface area contributed by atoms with Crippen LogP contribution in [0.4, 0.5) is 0 Å². The Labute approximate surface area is 82.1 Å². The molecular weight excluding hydrogens is 178 g/mol. The Balaban J connectivity index is 2.15. The third-order valence-electron chi connectivity index (χ3n) is 1.84. The van der Waals surface area contributed by atoms with Crippen molar-refractivity contribution in [3.8, 4) is 0 Å². The smallest absolute Gasteiger partial charge is 0.0794 e. The van der Waals surface area contributed by atoms with Gasteiger partial charge in [-0.15, -0.1) is 11.3 Å². The van der Waals surface area contributed by atoms with Crippen LogP contribution in [-0.2, 0) is 0 Å². The topological polar surface area (TPSA) is 12.9 Å². The van der Waals surface area contributed by atoms with Crippen LogP contribution in [0.5, 0.6) is 0 Å². The summed E-state index contributed by atoms with van der Waals surface area (Å²) in [5.74, 6) is 0. The van der Waals surface area contributed by atoms with Crippen LogP contribution in [0.2, 0.25) is 0 Å². The Morgan fingerprint density at radius 2 is 2.00 bits per heavy atom. The van der Waals surface area contributed by atoms with Crippen molar-refractivity contribution >= 4 is 11.3 Å². The number of aromatic nitrogens is 1. The van der Waals surface area contributed by atoms with Gasteiger partial charge >= 0.3 is 0 Å². The average Bonchev–Trinajstić information content (AvgIpc) is 2.62. The number of hydrogen-bond acceptors (Lipinski definition) is 2. The molecule has 1 aromatic carbocycles. The molecule has 0 spiro atoms. The predicted molar refractivity (Wildman–Crippen MR) is 55.8 cm³/mol. The highest BCUT2D eigenvalue weighted by molar-refractivity contribution is 7.07. The molecule has 1 heterocycles. The predicted octanol–water partition coefficient (Wildman–Crippen LogP) is 3.05. The zero-order valence-corrected chi connectivity index (χ0v) is 8.21. The van der Waals surface area contributed by atoms with Gasteiger partial charge in [0.15, 0.2) is 0 Å². The van der Waals surface area contributed by atoms with Crippen LogP contribution in [0.1, 0.15) is 16.8 Å². The molecule has 1 aromatic heterocycles. The lowest BCUT2D eigenvalue weighted by Crippen LogP contribution is -1.84. The Bertz CT molecular complexity index is 361. The van der Waals surface area contributed by atoms with E-state index in [1.807, 2.05) is 10.9 Å². The lowest BCUT2D eigenvalue weighted by atomic mass is 10.1. The molecule has 0 saturated carbocycles. The van der Waals surface area contributed by atoms with Gasteiger partial charge < -0.3 is 0 Å². The first-order valence-corrected chi connectivity index (χ1v) is 5.08. The van der Waals surface area contributed by atoms with Gasteiger partial charge in [0.1, 0.15) is 0 Å². The Hall–Kier alpha value is -1.15. The number of rotatable bonds is 2. The summed E-state index contributed by atoms with van der Waals surface area (Å²) in [6.07, 6.45) is 2.08. The minimum atomic E-state index is 1.04. The average molecular weight is 188 g/mol. The van der Waals surface area contributed by atoms with Crippen molar-refractivity contribution in [3.63, 3.8) is 0 Å². The summed E-state index contributed by atoms with van der Waals surface area (Å²) in [6, 6.07) is 8.43. The molecule has 1 radical (unpaired) electrons. The van der Waals surface area contributed by atoms with Crippen LogP contribution in [-0.4, -0.2) is 4.98 Å². The molecule has 0 unspecified atom stereocenters. The normalized spacial score (nSPS) is 10.2. The third kappa shape index (κ3) is 2.16. The van der Waals surface area contributed by atoms with Crippen LogP contribution in [0.25, 0.3) is 0 Å². The van der Waals surface area contributed by atoms with Crippen molar-refractivity contribution in [1.82, 2.24) is 4.98 Å². The third-order valence-corrected chi connectivity index (χ3v) is 2.45. The number of thiazole rings is 1. The number of aryl methyl sites for hydroxylation is 1. The summed E-state index contributed by atoms with van der Waals surface area (Å²) in [5, 5.41) is 2.04. The molecule has 0 amide bonds. The summed E-state index contributed by atoms with van der Waals surface area (Å²) in [4.78, 5) is 4.20. The van der Waals surface area contributed by atoms with Crippen LogP contribution < -0.4 is 0 Å². The van der Waals surface area contributed by atoms with E-state index in [4.69, 9.17) is 0 Å². The first kappa shape index (κ1) is 8.45. The minimum Gasteiger partial charge on any atom is -0.249 e. The molecule has 0 aliphatic rings. The van der Waals surface area contributed by atoms with Gasteiger partial charge in [0.05, 0.1) is 11.2 Å². The minimum absolute atomic E-state index is 1.04. The molecule has 2 heteroatoms. The van der Waals surface area contributed by atoms with Crippen molar-refractivity contribution in [3.05, 3.63) is 58.4 Å². The van der Waals surface area contributed by atoms with E-state index < -0.39 is 0 Å². The molecule has 0 aliphatic heterocycles. The second-order valence-corrected chi connectivity index (χ2v) is 3.69. The lowest BCUT2D eigenvalue weighted by molar-refractivity contribution is 1.27. The van der Waals surface area contributed by atoms with Gasteiger partial charge in [-0.3, -0.25) is 0 Å². The highest BCUT2D eigenvalue weighted by Gasteiger charge is 1.97. The van der Waals surface area contributed by atoms with E-state index in [1.54, 1.807) is 11.3 Å². The molecule has 0 bridgehead atoms. The second-order valence-electron chi connectivity index (χ2n) is 2.97. The quantitative estimate of drug-likeness (QED) is 0.706. The summed E-state index contributed by atoms with van der Waals surface area (Å²) in [5.41, 5.74) is 5.38. The van der Waals surface area contributed by atoms with Crippen LogP contribution in [0, 0.1) is 13.3 Å². The Morgan fingerprint density at radius 1 is 1.23 bits per heavy atom. The summed E-state index contributed by atoms with van der Waals surface area (Å²) < 4.78 is 0. The van der Waals surface area contributed by atoms with Crippen molar-refractivity contribution in [2.24, 2.45) is 0 Å². The van der Waals surface area contributed by atoms with Crippen molar-refractivity contribution in [2.45, 2.75) is 6.92 Å². The Morgan fingerprint density at radius 3 is 2.62 bits per heavy atom. The van der Waals surface area contributed by atoms with Gasteiger partial charge in [0, 0.05) is 11.8 Å². The number of nitrogens with zero attached hydrogens (tertiary/aromatic N) is 1. The van der Waals surface area contributed by atoms with Crippen molar-refractivity contribution < 1.29 is 0 Å². The van der Waals surface area contributed by atoms with E-state index >= 15 is 0 Å². The number of hydrogen-bond donors (Lipinski definition) is 0. The van der Waals surface area contributed by atoms with Gasteiger partial charge in [0.2, 0.25) is 0 Å². The van der Waals surface area contributed by atoms with Crippen molar-refractivity contribution in [1.29, 1.82) is 0 Å². The molecule has 0 fully saturated rings. The maximum Gasteiger partial charge on any atom is 0.0794 e. The fraction of sp³-hybridized carbons (Fsp3) is 0.0909. The van der Waals surface area contributed by atoms with Crippen LogP contribution in [0.3, 0.4) is 0 Å². The van der Waals surface area contributed by atoms with E-state index in [-0.39, 0.29) is 0 Å². The van der Waals surface area contributed by atoms with Gasteiger partial charge in [0.25, 0.3) is 0 Å². The zero-order chi connectivity index (χ0) is 9.10. The molecule has 2 rings (SSSR count). The summed E-state index contributed by atoms with van der Waals surface area (Å²) in [6.45, 7) is 2.09. The first-order valence-electron chi connectivity index (χ1n) is 4.14. The molecule has 1 nitrogen and oxygen atoms in total. The molecule has 0 saturated heterocycles. The molecule has 65 valence electrons. The van der Waals surface area contributed by atoms with Gasteiger partial charge in [-0.25, -0.2) is 4.98 Å². The fourth-order valence-corrected chi connectivity index (χ4v) is 1.64. The molecule has 13 heavy (non-hydrogen) atoms. The van der Waals surface area contributed by atoms with Crippen molar-refractivity contribution in [2.75, 3.05) is 0 Å². The maximum atomic E-state index is 4.20. The van der Waals surface area contributed by atoms with E-state index in [0.29, 0.717) is 0 Å². The molecule has 0 aliphatic carbocycles. The van der Waals surface area contributed by atoms with E-state index in [9.17, 15) is 0 Å². The molecule has 2 aromatic rings. The van der Waals surface area contributed by atoms with E-state index in [1.165, 1.54) is 11.1 Å². The molecule has 0 N–H and O–H groups in total. The highest BCUT2D eigenvalue weighted by atomic mass is 32.1. The summed E-state index contributed by atoms with van der Waals surface area (Å²) >= 11 is 1.62. The monoisotopic (exact) mass is 188 g/mol. The van der Waals surface area contributed by atoms with E-state index in [0.717, 1.165) is 5.69 Å². The molecular formula is C11H10NS. The largest absolute Gasteiger partial charge is 0.249 e. The first-order chi connectivity index (χ1) is 6.34. The lowest BCUT2D eigenvalue weighted by Gasteiger charge is -1.97. The summed E-state index contributed by atoms with van der Waals surface area (Å²) in [7, 11) is 0. The maximum absolute atomic E-state index is 4.20. The van der Waals surface area contributed by atoms with Gasteiger partial charge in [-0.2, -0.15) is 0 Å². The number of benzene rings is 1. The SMILES string of the molecule is Cc1ccc([CH]c2cscn2)cc1. The second kappa shape index (κ2) is 3.71. The Kier molecular flexibility index (Phi) is 2.41. The standard InChI is InChI=1S/C11H10NS/c1-9-2-4-10(5-3-9)6-11-7-13-8-12-11/h2-8H,1H3.